The van der Waals surface area contributed by atoms with Gasteiger partial charge in [-0.2, -0.15) is 0 Å². The highest BCUT2D eigenvalue weighted by Crippen LogP contribution is 2.50. The average molecular weight is 719 g/mol. The van der Waals surface area contributed by atoms with E-state index < -0.39 is 17.4 Å². The number of hydrogen-bond acceptors (Lipinski definition) is 8. The molecule has 2 heterocycles. The summed E-state index contributed by atoms with van der Waals surface area (Å²) in [6.07, 6.45) is 12.4. The first kappa shape index (κ1) is 36.7. The Morgan fingerprint density at radius 2 is 0.925 bits per heavy atom. The van der Waals surface area contributed by atoms with Crippen molar-refractivity contribution in [2.75, 3.05) is 26.4 Å². The van der Waals surface area contributed by atoms with Gasteiger partial charge in [-0.15, -0.1) is 0 Å². The van der Waals surface area contributed by atoms with Crippen molar-refractivity contribution in [2.45, 2.75) is 95.7 Å². The SMILES string of the molecule is CC1(C)c2cc(OC(=O)c3ccc(OCCCCCCC4CO4)cc3)ccc2-c2ccc(OC(=O)c3ccc(OCCCCCCC4CO4)cc3)cc21. The van der Waals surface area contributed by atoms with Gasteiger partial charge in [0, 0.05) is 5.41 Å². The second-order valence-corrected chi connectivity index (χ2v) is 14.9. The minimum Gasteiger partial charge on any atom is -0.494 e. The first-order chi connectivity index (χ1) is 25.8. The zero-order valence-electron chi connectivity index (χ0n) is 30.9. The van der Waals surface area contributed by atoms with E-state index in [9.17, 15) is 9.59 Å². The normalized spacial score (nSPS) is 17.4. The standard InChI is InChI=1S/C45H50O8/c1-45(2)41-27-35(52-43(46)31-13-17-33(18-14-31)48-25-9-5-3-7-11-37-29-50-37)21-23-39(41)40-24-22-36(28-42(40)45)53-44(47)32-15-19-34(20-16-32)49-26-10-6-4-8-12-38-30-51-38/h13-24,27-28,37-38H,3-12,25-26,29-30H2,1-2H3. The van der Waals surface area contributed by atoms with Crippen LogP contribution >= 0.6 is 0 Å². The summed E-state index contributed by atoms with van der Waals surface area (Å²) >= 11 is 0. The number of esters is 2. The molecule has 2 unspecified atom stereocenters. The van der Waals surface area contributed by atoms with Crippen molar-refractivity contribution in [3.05, 3.63) is 107 Å². The number of epoxide rings is 2. The first-order valence-corrected chi connectivity index (χ1v) is 19.3. The van der Waals surface area contributed by atoms with Crippen LogP contribution in [0.15, 0.2) is 84.9 Å². The third-order valence-electron chi connectivity index (χ3n) is 10.4. The molecule has 0 aromatic heterocycles. The Kier molecular flexibility index (Phi) is 11.8. The summed E-state index contributed by atoms with van der Waals surface area (Å²) in [5.41, 5.74) is 4.69. The molecule has 2 fully saturated rings. The molecule has 8 heteroatoms. The molecule has 0 saturated carbocycles. The van der Waals surface area contributed by atoms with Crippen LogP contribution in [-0.2, 0) is 14.9 Å². The molecular formula is C45H50O8. The predicted octanol–water partition coefficient (Wildman–Crippen LogP) is 9.89. The molecule has 2 saturated heterocycles. The van der Waals surface area contributed by atoms with Crippen LogP contribution < -0.4 is 18.9 Å². The van der Waals surface area contributed by atoms with Crippen LogP contribution in [-0.4, -0.2) is 50.6 Å². The van der Waals surface area contributed by atoms with Crippen LogP contribution in [0.25, 0.3) is 11.1 Å². The van der Waals surface area contributed by atoms with E-state index in [-0.39, 0.29) is 0 Å². The Balaban J connectivity index is 0.885. The molecule has 0 radical (unpaired) electrons. The second kappa shape index (κ2) is 17.0. The third-order valence-corrected chi connectivity index (χ3v) is 10.4. The van der Waals surface area contributed by atoms with Crippen LogP contribution in [0.2, 0.25) is 0 Å². The molecule has 7 rings (SSSR count). The van der Waals surface area contributed by atoms with Crippen LogP contribution in [0.3, 0.4) is 0 Å². The maximum atomic E-state index is 13.1. The lowest BCUT2D eigenvalue weighted by atomic mass is 9.82. The number of benzene rings is 4. The van der Waals surface area contributed by atoms with Gasteiger partial charge in [0.05, 0.1) is 49.8 Å². The fourth-order valence-corrected chi connectivity index (χ4v) is 7.03. The molecule has 8 nitrogen and oxygen atoms in total. The van der Waals surface area contributed by atoms with Gasteiger partial charge in [0.1, 0.15) is 23.0 Å². The van der Waals surface area contributed by atoms with E-state index in [4.69, 9.17) is 28.4 Å². The lowest BCUT2D eigenvalue weighted by Crippen LogP contribution is -2.16. The van der Waals surface area contributed by atoms with Crippen LogP contribution in [0.5, 0.6) is 23.0 Å². The summed E-state index contributed by atoms with van der Waals surface area (Å²) in [7, 11) is 0. The van der Waals surface area contributed by atoms with E-state index in [0.717, 1.165) is 72.6 Å². The van der Waals surface area contributed by atoms with E-state index in [2.05, 4.69) is 13.8 Å². The quantitative estimate of drug-likeness (QED) is 0.0386. The molecule has 278 valence electrons. The van der Waals surface area contributed by atoms with Crippen LogP contribution in [0, 0.1) is 0 Å². The van der Waals surface area contributed by atoms with Crippen LogP contribution in [0.4, 0.5) is 0 Å². The Labute approximate surface area is 312 Å². The van der Waals surface area contributed by atoms with E-state index >= 15 is 0 Å². The molecule has 4 aromatic carbocycles. The molecule has 0 amide bonds. The minimum absolute atomic E-state index is 0.412. The smallest absolute Gasteiger partial charge is 0.343 e. The average Bonchev–Trinajstić information content (AvgIpc) is 4.11. The second-order valence-electron chi connectivity index (χ2n) is 14.9. The highest BCUT2D eigenvalue weighted by molar-refractivity contribution is 5.92. The lowest BCUT2D eigenvalue weighted by Gasteiger charge is -2.22. The molecule has 53 heavy (non-hydrogen) atoms. The Morgan fingerprint density at radius 1 is 0.547 bits per heavy atom. The summed E-state index contributed by atoms with van der Waals surface area (Å²) in [5.74, 6) is 1.58. The van der Waals surface area contributed by atoms with E-state index in [1.54, 1.807) is 24.3 Å². The summed E-state index contributed by atoms with van der Waals surface area (Å²) in [5, 5.41) is 0. The van der Waals surface area contributed by atoms with Crippen molar-refractivity contribution >= 4 is 11.9 Å². The third kappa shape index (κ3) is 9.86. The molecule has 2 atom stereocenters. The zero-order valence-corrected chi connectivity index (χ0v) is 30.9. The molecule has 4 aromatic rings. The maximum absolute atomic E-state index is 13.1. The van der Waals surface area contributed by atoms with E-state index in [1.807, 2.05) is 60.7 Å². The van der Waals surface area contributed by atoms with Gasteiger partial charge in [-0.05, 0) is 121 Å². The summed E-state index contributed by atoms with van der Waals surface area (Å²) in [6.45, 7) is 7.42. The van der Waals surface area contributed by atoms with Gasteiger partial charge in [0.2, 0.25) is 0 Å². The molecule has 1 aliphatic carbocycles. The van der Waals surface area contributed by atoms with Crippen molar-refractivity contribution < 1.29 is 38.0 Å². The number of carbonyl (C=O) groups excluding carboxylic acids is 2. The molecule has 0 bridgehead atoms. The molecule has 3 aliphatic rings. The lowest BCUT2D eigenvalue weighted by molar-refractivity contribution is 0.0725. The van der Waals surface area contributed by atoms with Gasteiger partial charge >= 0.3 is 11.9 Å². The fourth-order valence-electron chi connectivity index (χ4n) is 7.03. The van der Waals surface area contributed by atoms with Crippen molar-refractivity contribution in [1.29, 1.82) is 0 Å². The van der Waals surface area contributed by atoms with Gasteiger partial charge in [0.15, 0.2) is 0 Å². The molecular weight excluding hydrogens is 668 g/mol. The molecule has 2 aliphatic heterocycles. The minimum atomic E-state index is -0.427. The Hall–Kier alpha value is -4.66. The number of carbonyl (C=O) groups is 2. The summed E-state index contributed by atoms with van der Waals surface area (Å²) in [4.78, 5) is 26.2. The van der Waals surface area contributed by atoms with Crippen molar-refractivity contribution in [3.8, 4) is 34.1 Å². The zero-order chi connectivity index (χ0) is 36.6. The first-order valence-electron chi connectivity index (χ1n) is 19.3. The number of rotatable bonds is 20. The summed E-state index contributed by atoms with van der Waals surface area (Å²) < 4.78 is 33.9. The molecule has 0 spiro atoms. The number of fused-ring (bicyclic) bond motifs is 3. The van der Waals surface area contributed by atoms with Crippen molar-refractivity contribution in [3.63, 3.8) is 0 Å². The summed E-state index contributed by atoms with van der Waals surface area (Å²) in [6, 6.07) is 25.7. The Morgan fingerprint density at radius 3 is 1.32 bits per heavy atom. The van der Waals surface area contributed by atoms with Gasteiger partial charge in [-0.3, -0.25) is 0 Å². The van der Waals surface area contributed by atoms with Gasteiger partial charge in [-0.25, -0.2) is 9.59 Å². The highest BCUT2D eigenvalue weighted by Gasteiger charge is 2.36. The monoisotopic (exact) mass is 718 g/mol. The van der Waals surface area contributed by atoms with Gasteiger partial charge in [0.25, 0.3) is 0 Å². The van der Waals surface area contributed by atoms with E-state index in [1.165, 1.54) is 38.5 Å². The number of ether oxygens (including phenoxy) is 6. The molecule has 0 N–H and O–H groups in total. The van der Waals surface area contributed by atoms with Crippen LogP contribution in [0.1, 0.15) is 110 Å². The topological polar surface area (TPSA) is 96.1 Å². The number of unbranched alkanes of at least 4 members (excludes halogenated alkanes) is 6. The van der Waals surface area contributed by atoms with Crippen molar-refractivity contribution in [1.82, 2.24) is 0 Å². The maximum Gasteiger partial charge on any atom is 0.343 e. The van der Waals surface area contributed by atoms with Crippen molar-refractivity contribution in [2.24, 2.45) is 0 Å². The highest BCUT2D eigenvalue weighted by atomic mass is 16.6. The predicted molar refractivity (Wildman–Crippen MR) is 203 cm³/mol. The largest absolute Gasteiger partial charge is 0.494 e. The fraction of sp³-hybridized carbons (Fsp3) is 0.422. The Bertz CT molecular complexity index is 1720. The van der Waals surface area contributed by atoms with Gasteiger partial charge < -0.3 is 28.4 Å². The van der Waals surface area contributed by atoms with E-state index in [0.29, 0.717) is 48.0 Å². The number of hydrogen-bond donors (Lipinski definition) is 0. The van der Waals surface area contributed by atoms with Gasteiger partial charge in [-0.1, -0.05) is 64.5 Å².